The number of carbonyl (C=O) groups is 1. The predicted molar refractivity (Wildman–Crippen MR) is 116 cm³/mol. The molecule has 0 unspecified atom stereocenters. The van der Waals surface area contributed by atoms with Gasteiger partial charge in [-0.25, -0.2) is 4.98 Å². The van der Waals surface area contributed by atoms with Gasteiger partial charge < -0.3 is 9.88 Å². The van der Waals surface area contributed by atoms with E-state index >= 15 is 0 Å². The van der Waals surface area contributed by atoms with Crippen molar-refractivity contribution >= 4 is 34.1 Å². The Labute approximate surface area is 176 Å². The van der Waals surface area contributed by atoms with E-state index in [1.807, 2.05) is 60.3 Å². The summed E-state index contributed by atoms with van der Waals surface area (Å²) in [5, 5.41) is 14.4. The van der Waals surface area contributed by atoms with Crippen LogP contribution in [0.25, 0.3) is 22.6 Å². The fraction of sp³-hybridized carbons (Fsp3) is 0.150. The molecule has 0 radical (unpaired) electrons. The van der Waals surface area contributed by atoms with Crippen LogP contribution in [0.2, 0.25) is 0 Å². The van der Waals surface area contributed by atoms with Crippen molar-refractivity contribution in [1.82, 2.24) is 24.7 Å². The molecule has 0 aliphatic rings. The van der Waals surface area contributed by atoms with E-state index in [1.54, 1.807) is 12.4 Å². The van der Waals surface area contributed by atoms with Crippen LogP contribution >= 0.6 is 23.1 Å². The van der Waals surface area contributed by atoms with E-state index in [1.165, 1.54) is 28.7 Å². The van der Waals surface area contributed by atoms with Crippen LogP contribution in [0.4, 0.5) is 5.13 Å². The monoisotopic (exact) mass is 422 g/mol. The SMILES string of the molecule is Cc1ccc(-c2csc(NC(=O)CSc3nnc(-c4cccnc4)n3C)n2)cc1. The number of thiazole rings is 1. The van der Waals surface area contributed by atoms with E-state index in [9.17, 15) is 4.79 Å². The first kappa shape index (κ1) is 19.3. The highest BCUT2D eigenvalue weighted by molar-refractivity contribution is 7.99. The number of thioether (sulfide) groups is 1. The van der Waals surface area contributed by atoms with Crippen LogP contribution in [0.1, 0.15) is 5.56 Å². The van der Waals surface area contributed by atoms with Gasteiger partial charge in [0, 0.05) is 35.9 Å². The molecule has 0 saturated heterocycles. The van der Waals surface area contributed by atoms with E-state index in [-0.39, 0.29) is 11.7 Å². The number of aryl methyl sites for hydroxylation is 1. The molecular formula is C20H18N6OS2. The maximum Gasteiger partial charge on any atom is 0.236 e. The molecule has 0 aliphatic heterocycles. The van der Waals surface area contributed by atoms with Gasteiger partial charge in [0.25, 0.3) is 0 Å². The van der Waals surface area contributed by atoms with Gasteiger partial charge >= 0.3 is 0 Å². The number of nitrogens with one attached hydrogen (secondary N) is 1. The molecule has 29 heavy (non-hydrogen) atoms. The molecule has 1 amide bonds. The minimum atomic E-state index is -0.134. The number of nitrogens with zero attached hydrogens (tertiary/aromatic N) is 5. The van der Waals surface area contributed by atoms with E-state index < -0.39 is 0 Å². The maximum absolute atomic E-state index is 12.3. The average molecular weight is 423 g/mol. The fourth-order valence-electron chi connectivity index (χ4n) is 2.66. The topological polar surface area (TPSA) is 85.6 Å². The zero-order chi connectivity index (χ0) is 20.2. The molecule has 7 nitrogen and oxygen atoms in total. The van der Waals surface area contributed by atoms with Crippen LogP contribution in [0, 0.1) is 6.92 Å². The van der Waals surface area contributed by atoms with Crippen molar-refractivity contribution in [3.63, 3.8) is 0 Å². The molecule has 0 bridgehead atoms. The molecule has 0 spiro atoms. The molecule has 3 aromatic heterocycles. The summed E-state index contributed by atoms with van der Waals surface area (Å²) in [6.45, 7) is 2.05. The number of carbonyl (C=O) groups excluding carboxylic acids is 1. The van der Waals surface area contributed by atoms with Crippen molar-refractivity contribution in [3.05, 3.63) is 59.7 Å². The van der Waals surface area contributed by atoms with E-state index in [2.05, 4.69) is 25.5 Å². The fourth-order valence-corrected chi connectivity index (χ4v) is 4.11. The number of pyridine rings is 1. The second-order valence-electron chi connectivity index (χ2n) is 6.35. The third kappa shape index (κ3) is 4.52. The smallest absolute Gasteiger partial charge is 0.236 e. The number of benzene rings is 1. The molecule has 146 valence electrons. The summed E-state index contributed by atoms with van der Waals surface area (Å²) in [6, 6.07) is 11.9. The first-order chi connectivity index (χ1) is 14.1. The molecule has 0 fully saturated rings. The van der Waals surface area contributed by atoms with Gasteiger partial charge in [-0.15, -0.1) is 21.5 Å². The van der Waals surface area contributed by atoms with Gasteiger partial charge in [0.15, 0.2) is 16.1 Å². The lowest BCUT2D eigenvalue weighted by atomic mass is 10.1. The number of rotatable bonds is 6. The summed E-state index contributed by atoms with van der Waals surface area (Å²) >= 11 is 2.74. The quantitative estimate of drug-likeness (QED) is 0.472. The first-order valence-electron chi connectivity index (χ1n) is 8.85. The zero-order valence-electron chi connectivity index (χ0n) is 15.9. The number of hydrogen-bond acceptors (Lipinski definition) is 7. The minimum absolute atomic E-state index is 0.134. The zero-order valence-corrected chi connectivity index (χ0v) is 17.5. The van der Waals surface area contributed by atoms with Gasteiger partial charge in [0.1, 0.15) is 0 Å². The van der Waals surface area contributed by atoms with Gasteiger partial charge in [0.05, 0.1) is 11.4 Å². The van der Waals surface area contributed by atoms with Crippen LogP contribution in [-0.2, 0) is 11.8 Å². The Kier molecular flexibility index (Phi) is 5.68. The molecule has 4 aromatic rings. The number of amides is 1. The lowest BCUT2D eigenvalue weighted by Crippen LogP contribution is -2.14. The van der Waals surface area contributed by atoms with Gasteiger partial charge in [0.2, 0.25) is 5.91 Å². The third-order valence-corrected chi connectivity index (χ3v) is 5.96. The summed E-state index contributed by atoms with van der Waals surface area (Å²) < 4.78 is 1.86. The van der Waals surface area contributed by atoms with E-state index in [4.69, 9.17) is 0 Å². The molecule has 0 aliphatic carbocycles. The van der Waals surface area contributed by atoms with Crippen LogP contribution in [-0.4, -0.2) is 36.4 Å². The van der Waals surface area contributed by atoms with Crippen molar-refractivity contribution < 1.29 is 4.79 Å². The van der Waals surface area contributed by atoms with Crippen molar-refractivity contribution in [3.8, 4) is 22.6 Å². The lowest BCUT2D eigenvalue weighted by molar-refractivity contribution is -0.113. The van der Waals surface area contributed by atoms with Gasteiger partial charge in [-0.1, -0.05) is 41.6 Å². The highest BCUT2D eigenvalue weighted by Crippen LogP contribution is 2.26. The normalized spacial score (nSPS) is 10.8. The van der Waals surface area contributed by atoms with Crippen LogP contribution in [0.15, 0.2) is 59.3 Å². The Hall–Kier alpha value is -3.04. The molecule has 4 rings (SSSR count). The minimum Gasteiger partial charge on any atom is -0.305 e. The van der Waals surface area contributed by atoms with Crippen LogP contribution in [0.3, 0.4) is 0 Å². The molecule has 1 aromatic carbocycles. The Balaban J connectivity index is 1.36. The highest BCUT2D eigenvalue weighted by atomic mass is 32.2. The summed E-state index contributed by atoms with van der Waals surface area (Å²) in [7, 11) is 1.87. The molecule has 1 N–H and O–H groups in total. The number of hydrogen-bond donors (Lipinski definition) is 1. The van der Waals surface area contributed by atoms with Gasteiger partial charge in [-0.2, -0.15) is 0 Å². The molecular weight excluding hydrogens is 404 g/mol. The second kappa shape index (κ2) is 8.54. The first-order valence-corrected chi connectivity index (χ1v) is 10.7. The van der Waals surface area contributed by atoms with Crippen molar-refractivity contribution in [2.75, 3.05) is 11.1 Å². The summed E-state index contributed by atoms with van der Waals surface area (Å²) in [5.41, 5.74) is 3.96. The number of aromatic nitrogens is 5. The number of anilines is 1. The molecule has 9 heteroatoms. The maximum atomic E-state index is 12.3. The Morgan fingerprint density at radius 3 is 2.76 bits per heavy atom. The predicted octanol–water partition coefficient (Wildman–Crippen LogP) is 4.04. The Bertz CT molecular complexity index is 1120. The Morgan fingerprint density at radius 1 is 1.17 bits per heavy atom. The Morgan fingerprint density at radius 2 is 2.00 bits per heavy atom. The van der Waals surface area contributed by atoms with E-state index in [0.717, 1.165) is 16.8 Å². The molecule has 3 heterocycles. The summed E-state index contributed by atoms with van der Waals surface area (Å²) in [5.74, 6) is 0.799. The largest absolute Gasteiger partial charge is 0.305 e. The van der Waals surface area contributed by atoms with Crippen LogP contribution < -0.4 is 5.32 Å². The van der Waals surface area contributed by atoms with Crippen molar-refractivity contribution in [2.24, 2.45) is 7.05 Å². The van der Waals surface area contributed by atoms with Crippen LogP contribution in [0.5, 0.6) is 0 Å². The second-order valence-corrected chi connectivity index (χ2v) is 8.15. The average Bonchev–Trinajstić information content (AvgIpc) is 3.34. The van der Waals surface area contributed by atoms with E-state index in [0.29, 0.717) is 16.1 Å². The lowest BCUT2D eigenvalue weighted by Gasteiger charge is -2.04. The third-order valence-electron chi connectivity index (χ3n) is 4.18. The standard InChI is InChI=1S/C20H18N6OS2/c1-13-5-7-14(8-6-13)16-11-28-19(22-16)23-17(27)12-29-20-25-24-18(26(20)2)15-4-3-9-21-10-15/h3-11H,12H2,1-2H3,(H,22,23,27). The van der Waals surface area contributed by atoms with Gasteiger partial charge in [-0.3, -0.25) is 9.78 Å². The van der Waals surface area contributed by atoms with Crippen molar-refractivity contribution in [1.29, 1.82) is 0 Å². The summed E-state index contributed by atoms with van der Waals surface area (Å²) in [4.78, 5) is 20.9. The van der Waals surface area contributed by atoms with Gasteiger partial charge in [-0.05, 0) is 19.1 Å². The molecule has 0 atom stereocenters. The highest BCUT2D eigenvalue weighted by Gasteiger charge is 2.14. The summed E-state index contributed by atoms with van der Waals surface area (Å²) in [6.07, 6.45) is 3.45. The molecule has 0 saturated carbocycles. The van der Waals surface area contributed by atoms with Crippen molar-refractivity contribution in [2.45, 2.75) is 12.1 Å².